The summed E-state index contributed by atoms with van der Waals surface area (Å²) in [7, 11) is 1.20. The average Bonchev–Trinajstić information content (AvgIpc) is 2.71. The van der Waals surface area contributed by atoms with E-state index in [2.05, 4.69) is 4.74 Å². The molecule has 0 spiro atoms. The minimum Gasteiger partial charge on any atom is -0.467 e. The minimum absolute atomic E-state index is 0.359. The number of hydrogen-bond donors (Lipinski definition) is 1. The number of carbonyl (C=O) groups excluding carboxylic acids is 1. The maximum absolute atomic E-state index is 11.5. The molecular weight excluding hydrogens is 238 g/mol. The lowest BCUT2D eigenvalue weighted by Gasteiger charge is -2.08. The number of oxazole rings is 1. The minimum atomic E-state index is -1.37. The predicted octanol–water partition coefficient (Wildman–Crippen LogP) is 0.821. The van der Waals surface area contributed by atoms with Crippen molar-refractivity contribution in [3.8, 4) is 0 Å². The molecule has 0 amide bonds. The van der Waals surface area contributed by atoms with Crippen LogP contribution in [0.3, 0.4) is 0 Å². The molecule has 0 aliphatic heterocycles. The number of fused-ring (bicyclic) bond motifs is 1. The van der Waals surface area contributed by atoms with Gasteiger partial charge in [0.1, 0.15) is 0 Å². The summed E-state index contributed by atoms with van der Waals surface area (Å²) >= 11 is 0. The van der Waals surface area contributed by atoms with E-state index in [1.165, 1.54) is 17.7 Å². The van der Waals surface area contributed by atoms with Crippen LogP contribution in [0.2, 0.25) is 0 Å². The van der Waals surface area contributed by atoms with Gasteiger partial charge in [-0.05, 0) is 24.6 Å². The largest absolute Gasteiger partial charge is 0.467 e. The zero-order valence-electron chi connectivity index (χ0n) is 10.0. The molecule has 1 unspecified atom stereocenters. The van der Waals surface area contributed by atoms with Crippen LogP contribution in [-0.2, 0) is 16.1 Å². The van der Waals surface area contributed by atoms with Crippen molar-refractivity contribution in [1.82, 2.24) is 4.57 Å². The Bertz CT molecular complexity index is 639. The topological polar surface area (TPSA) is 81.7 Å². The number of carbonyl (C=O) groups is 1. The van der Waals surface area contributed by atoms with Crippen molar-refractivity contribution in [1.29, 1.82) is 0 Å². The van der Waals surface area contributed by atoms with E-state index >= 15 is 0 Å². The van der Waals surface area contributed by atoms with Crippen LogP contribution >= 0.6 is 0 Å². The van der Waals surface area contributed by atoms with Gasteiger partial charge in [0.2, 0.25) is 0 Å². The van der Waals surface area contributed by atoms with Crippen LogP contribution < -0.4 is 5.76 Å². The summed E-state index contributed by atoms with van der Waals surface area (Å²) in [5.41, 5.74) is 1.32. The van der Waals surface area contributed by atoms with E-state index in [9.17, 15) is 14.7 Å². The van der Waals surface area contributed by atoms with Crippen molar-refractivity contribution in [2.75, 3.05) is 7.11 Å². The molecule has 0 bridgehead atoms. The van der Waals surface area contributed by atoms with Crippen LogP contribution in [0.1, 0.15) is 18.6 Å². The summed E-state index contributed by atoms with van der Waals surface area (Å²) in [6.45, 7) is 2.25. The number of nitrogens with zero attached hydrogens (tertiary/aromatic N) is 1. The van der Waals surface area contributed by atoms with E-state index in [0.717, 1.165) is 0 Å². The van der Waals surface area contributed by atoms with E-state index in [1.807, 2.05) is 0 Å². The second-order valence-corrected chi connectivity index (χ2v) is 3.77. The van der Waals surface area contributed by atoms with E-state index in [0.29, 0.717) is 23.2 Å². The number of aliphatic hydroxyl groups is 1. The third-order valence-electron chi connectivity index (χ3n) is 2.75. The molecule has 18 heavy (non-hydrogen) atoms. The lowest BCUT2D eigenvalue weighted by Crippen LogP contribution is -2.14. The lowest BCUT2D eigenvalue weighted by atomic mass is 10.1. The van der Waals surface area contributed by atoms with Gasteiger partial charge in [-0.3, -0.25) is 4.57 Å². The molecule has 1 aromatic carbocycles. The van der Waals surface area contributed by atoms with Gasteiger partial charge in [-0.2, -0.15) is 0 Å². The van der Waals surface area contributed by atoms with Gasteiger partial charge in [-0.1, -0.05) is 6.07 Å². The van der Waals surface area contributed by atoms with Crippen molar-refractivity contribution in [3.63, 3.8) is 0 Å². The fourth-order valence-corrected chi connectivity index (χ4v) is 1.80. The summed E-state index contributed by atoms with van der Waals surface area (Å²) in [6.07, 6.45) is -1.37. The van der Waals surface area contributed by atoms with Crippen LogP contribution in [0.4, 0.5) is 0 Å². The van der Waals surface area contributed by atoms with Crippen molar-refractivity contribution < 1.29 is 19.1 Å². The van der Waals surface area contributed by atoms with Crippen LogP contribution in [0.15, 0.2) is 27.4 Å². The summed E-state index contributed by atoms with van der Waals surface area (Å²) in [4.78, 5) is 22.7. The Morgan fingerprint density at radius 2 is 2.28 bits per heavy atom. The Hall–Kier alpha value is -2.08. The normalized spacial score (nSPS) is 12.6. The molecule has 1 atom stereocenters. The quantitative estimate of drug-likeness (QED) is 0.817. The molecule has 2 rings (SSSR count). The predicted molar refractivity (Wildman–Crippen MR) is 63.1 cm³/mol. The van der Waals surface area contributed by atoms with Gasteiger partial charge in [-0.25, -0.2) is 9.59 Å². The van der Waals surface area contributed by atoms with Gasteiger partial charge in [0, 0.05) is 6.54 Å². The third-order valence-corrected chi connectivity index (χ3v) is 2.75. The van der Waals surface area contributed by atoms with Crippen LogP contribution in [0.25, 0.3) is 11.1 Å². The Balaban J connectivity index is 2.55. The van der Waals surface area contributed by atoms with Crippen molar-refractivity contribution in [3.05, 3.63) is 34.3 Å². The fraction of sp³-hybridized carbons (Fsp3) is 0.333. The zero-order chi connectivity index (χ0) is 13.3. The third kappa shape index (κ3) is 1.91. The number of esters is 1. The monoisotopic (exact) mass is 251 g/mol. The maximum Gasteiger partial charge on any atom is 0.419 e. The summed E-state index contributed by atoms with van der Waals surface area (Å²) in [5, 5.41) is 9.73. The Morgan fingerprint density at radius 1 is 1.56 bits per heavy atom. The second-order valence-electron chi connectivity index (χ2n) is 3.77. The van der Waals surface area contributed by atoms with E-state index < -0.39 is 17.8 Å². The highest BCUT2D eigenvalue weighted by molar-refractivity contribution is 5.80. The number of methoxy groups -OCH3 is 1. The number of ether oxygens (including phenoxy) is 1. The lowest BCUT2D eigenvalue weighted by molar-refractivity contribution is -0.150. The van der Waals surface area contributed by atoms with Crippen molar-refractivity contribution in [2.45, 2.75) is 19.6 Å². The molecule has 0 aliphatic carbocycles. The molecule has 1 N–H and O–H groups in total. The van der Waals surface area contributed by atoms with Crippen molar-refractivity contribution >= 4 is 17.1 Å². The van der Waals surface area contributed by atoms with Crippen molar-refractivity contribution in [2.24, 2.45) is 0 Å². The molecule has 2 aromatic rings. The van der Waals surface area contributed by atoms with Crippen LogP contribution in [-0.4, -0.2) is 22.8 Å². The Labute approximate surface area is 102 Å². The molecule has 1 heterocycles. The number of aryl methyl sites for hydroxylation is 1. The average molecular weight is 251 g/mol. The first-order valence-corrected chi connectivity index (χ1v) is 5.47. The van der Waals surface area contributed by atoms with Crippen LogP contribution in [0, 0.1) is 0 Å². The first-order valence-electron chi connectivity index (χ1n) is 5.47. The molecule has 6 nitrogen and oxygen atoms in total. The number of hydrogen-bond acceptors (Lipinski definition) is 5. The second kappa shape index (κ2) is 4.66. The fourth-order valence-electron chi connectivity index (χ4n) is 1.80. The molecule has 1 aromatic heterocycles. The van der Waals surface area contributed by atoms with Crippen LogP contribution in [0.5, 0.6) is 0 Å². The SMILES string of the molecule is CCn1c(=O)oc2ccc(C(O)C(=O)OC)cc21. The highest BCUT2D eigenvalue weighted by Gasteiger charge is 2.19. The highest BCUT2D eigenvalue weighted by Crippen LogP contribution is 2.20. The van der Waals surface area contributed by atoms with E-state index in [4.69, 9.17) is 4.42 Å². The van der Waals surface area contributed by atoms with Gasteiger partial charge < -0.3 is 14.3 Å². The van der Waals surface area contributed by atoms with Gasteiger partial charge >= 0.3 is 11.7 Å². The molecule has 0 aliphatic rings. The van der Waals surface area contributed by atoms with E-state index in [-0.39, 0.29) is 0 Å². The smallest absolute Gasteiger partial charge is 0.419 e. The number of aromatic nitrogens is 1. The Kier molecular flexibility index (Phi) is 3.20. The molecule has 0 radical (unpaired) electrons. The highest BCUT2D eigenvalue weighted by atomic mass is 16.5. The molecule has 0 fully saturated rings. The number of aliphatic hydroxyl groups excluding tert-OH is 1. The zero-order valence-corrected chi connectivity index (χ0v) is 10.0. The first kappa shape index (κ1) is 12.4. The van der Waals surface area contributed by atoms with Gasteiger partial charge in [0.25, 0.3) is 0 Å². The summed E-state index contributed by atoms with van der Waals surface area (Å²) < 4.78 is 10.9. The molecule has 0 saturated heterocycles. The van der Waals surface area contributed by atoms with Gasteiger partial charge in [0.05, 0.1) is 12.6 Å². The van der Waals surface area contributed by atoms with Gasteiger partial charge in [0.15, 0.2) is 11.7 Å². The standard InChI is InChI=1S/C12H13NO5/c1-3-13-8-6-7(10(14)11(15)17-2)4-5-9(8)18-12(13)16/h4-6,10,14H,3H2,1-2H3. The molecule has 6 heteroatoms. The number of benzene rings is 1. The number of rotatable bonds is 3. The Morgan fingerprint density at radius 3 is 2.89 bits per heavy atom. The molecule has 96 valence electrons. The molecule has 0 saturated carbocycles. The molecular formula is C12H13NO5. The summed E-state index contributed by atoms with van der Waals surface area (Å²) in [5.74, 6) is -1.21. The maximum atomic E-state index is 11.5. The van der Waals surface area contributed by atoms with Gasteiger partial charge in [-0.15, -0.1) is 0 Å². The van der Waals surface area contributed by atoms with E-state index in [1.54, 1.807) is 19.1 Å². The summed E-state index contributed by atoms with van der Waals surface area (Å²) in [6, 6.07) is 4.61. The first-order chi connectivity index (χ1) is 8.58.